The minimum atomic E-state index is 0.428. The predicted molar refractivity (Wildman–Crippen MR) is 36.1 cm³/mol. The molecule has 0 N–H and O–H groups in total. The van der Waals surface area contributed by atoms with E-state index in [0.29, 0.717) is 22.4 Å². The highest BCUT2D eigenvalue weighted by atomic mass is 32.2. The van der Waals surface area contributed by atoms with E-state index >= 15 is 0 Å². The second-order valence-electron chi connectivity index (χ2n) is 3.05. The zero-order chi connectivity index (χ0) is 6.06. The van der Waals surface area contributed by atoms with E-state index in [9.17, 15) is 4.79 Å². The molecule has 46 valence electrons. The van der Waals surface area contributed by atoms with Gasteiger partial charge >= 0.3 is 0 Å². The maximum atomic E-state index is 10.8. The monoisotopic (exact) mass is 138 g/mol. The minimum Gasteiger partial charge on any atom is -0.299 e. The molecule has 0 amide bonds. The SMILES string of the molecule is O=C1CC23SC=CC2C13. The fourth-order valence-corrected chi connectivity index (χ4v) is 3.57. The number of carbonyl (C=O) groups is 1. The molecule has 3 unspecified atom stereocenters. The first kappa shape index (κ1) is 4.56. The van der Waals surface area contributed by atoms with Gasteiger partial charge in [-0.2, -0.15) is 0 Å². The van der Waals surface area contributed by atoms with Gasteiger partial charge in [0.15, 0.2) is 0 Å². The molecular formula is C7H6OS. The molecule has 2 aliphatic carbocycles. The van der Waals surface area contributed by atoms with Crippen LogP contribution in [0.15, 0.2) is 11.5 Å². The van der Waals surface area contributed by atoms with Crippen molar-refractivity contribution in [1.82, 2.24) is 0 Å². The summed E-state index contributed by atoms with van der Waals surface area (Å²) >= 11 is 1.87. The van der Waals surface area contributed by atoms with Gasteiger partial charge in [-0.1, -0.05) is 6.08 Å². The van der Waals surface area contributed by atoms with Crippen LogP contribution in [-0.4, -0.2) is 10.5 Å². The van der Waals surface area contributed by atoms with Crippen molar-refractivity contribution in [3.05, 3.63) is 11.5 Å². The van der Waals surface area contributed by atoms with E-state index in [1.54, 1.807) is 0 Å². The highest BCUT2D eigenvalue weighted by Gasteiger charge is 2.76. The Morgan fingerprint density at radius 3 is 3.22 bits per heavy atom. The van der Waals surface area contributed by atoms with Crippen LogP contribution in [0, 0.1) is 11.8 Å². The van der Waals surface area contributed by atoms with Gasteiger partial charge in [0.1, 0.15) is 5.78 Å². The van der Waals surface area contributed by atoms with Gasteiger partial charge in [0.05, 0.1) is 0 Å². The van der Waals surface area contributed by atoms with Crippen LogP contribution in [0.4, 0.5) is 0 Å². The molecule has 1 aliphatic heterocycles. The van der Waals surface area contributed by atoms with Crippen molar-refractivity contribution >= 4 is 17.5 Å². The Balaban J connectivity index is 2.07. The third-order valence-corrected chi connectivity index (χ3v) is 4.11. The van der Waals surface area contributed by atoms with Crippen LogP contribution in [0.3, 0.4) is 0 Å². The molecule has 0 aromatic rings. The summed E-state index contributed by atoms with van der Waals surface area (Å²) in [6.07, 6.45) is 3.04. The van der Waals surface area contributed by atoms with Crippen LogP contribution >= 0.6 is 11.8 Å². The molecule has 1 spiro atoms. The lowest BCUT2D eigenvalue weighted by Crippen LogP contribution is -2.27. The lowest BCUT2D eigenvalue weighted by molar-refractivity contribution is -0.124. The third kappa shape index (κ3) is 0.291. The van der Waals surface area contributed by atoms with Crippen molar-refractivity contribution in [3.63, 3.8) is 0 Å². The second-order valence-corrected chi connectivity index (χ2v) is 4.32. The largest absolute Gasteiger partial charge is 0.299 e. The zero-order valence-electron chi connectivity index (χ0n) is 4.83. The van der Waals surface area contributed by atoms with Crippen LogP contribution in [0.2, 0.25) is 0 Å². The molecule has 3 aliphatic rings. The molecule has 9 heavy (non-hydrogen) atoms. The molecule has 0 saturated heterocycles. The van der Waals surface area contributed by atoms with Crippen molar-refractivity contribution in [2.24, 2.45) is 11.8 Å². The van der Waals surface area contributed by atoms with Crippen molar-refractivity contribution < 1.29 is 4.79 Å². The molecule has 0 aromatic heterocycles. The van der Waals surface area contributed by atoms with Gasteiger partial charge in [-0.15, -0.1) is 11.8 Å². The summed E-state index contributed by atoms with van der Waals surface area (Å²) in [6.45, 7) is 0. The molecule has 3 atom stereocenters. The highest BCUT2D eigenvalue weighted by Crippen LogP contribution is 2.74. The number of hydrogen-bond donors (Lipinski definition) is 0. The van der Waals surface area contributed by atoms with Gasteiger partial charge in [-0.3, -0.25) is 4.79 Å². The standard InChI is InChI=1S/C7H6OS/c8-5-3-7-4(6(5)7)1-2-9-7/h1-2,4,6H,3H2. The Bertz CT molecular complexity index is 227. The molecule has 0 radical (unpaired) electrons. The number of allylic oxidation sites excluding steroid dienone is 1. The van der Waals surface area contributed by atoms with Crippen molar-refractivity contribution in [2.75, 3.05) is 0 Å². The van der Waals surface area contributed by atoms with E-state index in [0.717, 1.165) is 6.42 Å². The second kappa shape index (κ2) is 1.01. The highest BCUT2D eigenvalue weighted by molar-refractivity contribution is 8.04. The van der Waals surface area contributed by atoms with E-state index in [2.05, 4.69) is 11.5 Å². The number of rotatable bonds is 0. The number of ketones is 1. The number of hydrogen-bond acceptors (Lipinski definition) is 2. The number of fused-ring (bicyclic) bond motifs is 1. The van der Waals surface area contributed by atoms with Crippen LogP contribution < -0.4 is 0 Å². The van der Waals surface area contributed by atoms with Gasteiger partial charge in [0.25, 0.3) is 0 Å². The molecule has 3 rings (SSSR count). The number of thioether (sulfide) groups is 1. The Kier molecular flexibility index (Phi) is 0.510. The molecule has 1 nitrogen and oxygen atoms in total. The lowest BCUT2D eigenvalue weighted by atomic mass is 9.98. The molecular weight excluding hydrogens is 132 g/mol. The fourth-order valence-electron chi connectivity index (χ4n) is 2.11. The molecule has 2 fully saturated rings. The van der Waals surface area contributed by atoms with Crippen LogP contribution in [0.1, 0.15) is 6.42 Å². The van der Waals surface area contributed by atoms with Crippen LogP contribution in [0.5, 0.6) is 0 Å². The van der Waals surface area contributed by atoms with Crippen molar-refractivity contribution in [3.8, 4) is 0 Å². The van der Waals surface area contributed by atoms with Crippen LogP contribution in [-0.2, 0) is 4.79 Å². The van der Waals surface area contributed by atoms with Gasteiger partial charge < -0.3 is 0 Å². The van der Waals surface area contributed by atoms with E-state index in [4.69, 9.17) is 0 Å². The van der Waals surface area contributed by atoms with Gasteiger partial charge in [0, 0.05) is 23.0 Å². The number of Topliss-reactive ketones (excluding diaryl/α,β-unsaturated/α-hetero) is 1. The average Bonchev–Trinajstić information content (AvgIpc) is 2.20. The van der Waals surface area contributed by atoms with E-state index in [-0.39, 0.29) is 0 Å². The van der Waals surface area contributed by atoms with E-state index < -0.39 is 0 Å². The summed E-state index contributed by atoms with van der Waals surface area (Å²) in [5.74, 6) is 1.60. The predicted octanol–water partition coefficient (Wildman–Crippen LogP) is 1.20. The summed E-state index contributed by atoms with van der Waals surface area (Å²) < 4.78 is 0.428. The first-order valence-corrected chi connectivity index (χ1v) is 4.10. The molecule has 0 aromatic carbocycles. The van der Waals surface area contributed by atoms with Gasteiger partial charge in [-0.25, -0.2) is 0 Å². The molecule has 0 bridgehead atoms. The fraction of sp³-hybridized carbons (Fsp3) is 0.571. The quantitative estimate of drug-likeness (QED) is 0.500. The summed E-state index contributed by atoms with van der Waals surface area (Å²) in [6, 6.07) is 0. The smallest absolute Gasteiger partial charge is 0.139 e. The van der Waals surface area contributed by atoms with Crippen LogP contribution in [0.25, 0.3) is 0 Å². The zero-order valence-corrected chi connectivity index (χ0v) is 5.65. The average molecular weight is 138 g/mol. The minimum absolute atomic E-state index is 0.428. The van der Waals surface area contributed by atoms with Gasteiger partial charge in [0.2, 0.25) is 0 Å². The summed E-state index contributed by atoms with van der Waals surface area (Å²) in [5.41, 5.74) is 0. The summed E-state index contributed by atoms with van der Waals surface area (Å²) in [5, 5.41) is 2.15. The molecule has 2 saturated carbocycles. The Labute approximate surface area is 57.5 Å². The third-order valence-electron chi connectivity index (χ3n) is 2.71. The summed E-state index contributed by atoms with van der Waals surface area (Å²) in [7, 11) is 0. The Morgan fingerprint density at radius 1 is 1.78 bits per heavy atom. The van der Waals surface area contributed by atoms with E-state index in [1.807, 2.05) is 11.8 Å². The first-order chi connectivity index (χ1) is 4.34. The first-order valence-electron chi connectivity index (χ1n) is 3.22. The maximum Gasteiger partial charge on any atom is 0.139 e. The Morgan fingerprint density at radius 2 is 2.67 bits per heavy atom. The van der Waals surface area contributed by atoms with Crippen molar-refractivity contribution in [1.29, 1.82) is 0 Å². The van der Waals surface area contributed by atoms with Gasteiger partial charge in [-0.05, 0) is 5.41 Å². The number of carbonyl (C=O) groups excluding carboxylic acids is 1. The van der Waals surface area contributed by atoms with E-state index in [1.165, 1.54) is 0 Å². The normalized spacial score (nSPS) is 58.4. The topological polar surface area (TPSA) is 17.1 Å². The lowest BCUT2D eigenvalue weighted by Gasteiger charge is -2.19. The molecule has 2 heteroatoms. The Hall–Kier alpha value is -0.240. The molecule has 1 heterocycles. The summed E-state index contributed by atoms with van der Waals surface area (Å²) in [4.78, 5) is 10.8. The maximum absolute atomic E-state index is 10.8. The van der Waals surface area contributed by atoms with Crippen molar-refractivity contribution in [2.45, 2.75) is 11.2 Å².